The highest BCUT2D eigenvalue weighted by Gasteiger charge is 2.43. The summed E-state index contributed by atoms with van der Waals surface area (Å²) in [4.78, 5) is 0. The van der Waals surface area contributed by atoms with Gasteiger partial charge in [-0.3, -0.25) is 5.41 Å². The monoisotopic (exact) mass is 378 g/mol. The van der Waals surface area contributed by atoms with Crippen molar-refractivity contribution in [3.8, 4) is 5.75 Å². The molecule has 148 valence electrons. The lowest BCUT2D eigenvalue weighted by molar-refractivity contribution is 0.292. The van der Waals surface area contributed by atoms with Gasteiger partial charge in [-0.05, 0) is 56.9 Å². The molecule has 4 rings (SSSR count). The van der Waals surface area contributed by atoms with E-state index in [1.165, 1.54) is 27.8 Å². The molecule has 0 saturated heterocycles. The topological polar surface area (TPSA) is 54.3 Å². The molecule has 3 aliphatic rings. The van der Waals surface area contributed by atoms with Crippen LogP contribution in [0.25, 0.3) is 5.57 Å². The molecule has 3 unspecified atom stereocenters. The molecule has 0 radical (unpaired) electrons. The van der Waals surface area contributed by atoms with Crippen LogP contribution in [0, 0.1) is 17.2 Å². The summed E-state index contributed by atoms with van der Waals surface area (Å²) in [6.07, 6.45) is 7.62. The molecule has 3 atom stereocenters. The second-order valence-electron chi connectivity index (χ2n) is 8.53. The first kappa shape index (κ1) is 19.0. The van der Waals surface area contributed by atoms with Crippen molar-refractivity contribution in [1.82, 2.24) is 5.32 Å². The fraction of sp³-hybridized carbons (Fsp3) is 0.458. The second-order valence-corrected chi connectivity index (χ2v) is 8.53. The highest BCUT2D eigenvalue weighted by Crippen LogP contribution is 2.49. The minimum absolute atomic E-state index is 0.0408. The quantitative estimate of drug-likeness (QED) is 0.462. The highest BCUT2D eigenvalue weighted by molar-refractivity contribution is 5.92. The van der Waals surface area contributed by atoms with E-state index in [-0.39, 0.29) is 23.4 Å². The lowest BCUT2D eigenvalue weighted by Gasteiger charge is -2.46. The van der Waals surface area contributed by atoms with Crippen LogP contribution in [-0.2, 0) is 11.2 Å². The normalized spacial score (nSPS) is 27.3. The summed E-state index contributed by atoms with van der Waals surface area (Å²) < 4.78 is 11.4. The fourth-order valence-corrected chi connectivity index (χ4v) is 5.23. The number of allylic oxidation sites excluding steroid dienone is 2. The number of fused-ring (bicyclic) bond motifs is 4. The summed E-state index contributed by atoms with van der Waals surface area (Å²) in [5.74, 6) is 1.46. The molecule has 28 heavy (non-hydrogen) atoms. The number of hydrogen-bond acceptors (Lipinski definition) is 4. The van der Waals surface area contributed by atoms with E-state index in [0.717, 1.165) is 12.2 Å². The molecule has 1 aromatic carbocycles. The minimum atomic E-state index is -0.0432. The summed E-state index contributed by atoms with van der Waals surface area (Å²) in [5, 5.41) is 12.4. The maximum absolute atomic E-state index is 8.64. The Morgan fingerprint density at radius 2 is 2.11 bits per heavy atom. The molecule has 2 aliphatic carbocycles. The van der Waals surface area contributed by atoms with E-state index in [1.54, 1.807) is 7.11 Å². The smallest absolute Gasteiger partial charge is 0.188 e. The van der Waals surface area contributed by atoms with Gasteiger partial charge in [0.2, 0.25) is 0 Å². The molecule has 0 saturated carbocycles. The van der Waals surface area contributed by atoms with Gasteiger partial charge in [-0.15, -0.1) is 0 Å². The van der Waals surface area contributed by atoms with Crippen molar-refractivity contribution < 1.29 is 9.47 Å². The first-order chi connectivity index (χ1) is 13.4. The van der Waals surface area contributed by atoms with Crippen molar-refractivity contribution in [2.24, 2.45) is 11.8 Å². The molecular weight excluding hydrogens is 348 g/mol. The van der Waals surface area contributed by atoms with Crippen LogP contribution in [0.4, 0.5) is 0 Å². The van der Waals surface area contributed by atoms with Gasteiger partial charge in [-0.2, -0.15) is 0 Å². The molecule has 4 nitrogen and oxygen atoms in total. The van der Waals surface area contributed by atoms with Crippen LogP contribution in [0.5, 0.6) is 5.75 Å². The Balaban J connectivity index is 1.93. The third kappa shape index (κ3) is 3.00. The van der Waals surface area contributed by atoms with Crippen molar-refractivity contribution >= 4 is 11.5 Å². The van der Waals surface area contributed by atoms with Gasteiger partial charge in [0.25, 0.3) is 0 Å². The number of hydrogen-bond donors (Lipinski definition) is 2. The first-order valence-electron chi connectivity index (χ1n) is 10.1. The summed E-state index contributed by atoms with van der Waals surface area (Å²) >= 11 is 0. The number of nitrogens with one attached hydrogen (secondary N) is 2. The SMILES string of the molecule is CCOC(=N)C1Cc2cccc(OC)c2C2=C1C1C(C)=CC(C)(C)NC1C=C2. The number of ether oxygens (including phenoxy) is 2. The van der Waals surface area contributed by atoms with E-state index in [0.29, 0.717) is 12.5 Å². The van der Waals surface area contributed by atoms with Gasteiger partial charge in [-0.25, -0.2) is 0 Å². The lowest BCUT2D eigenvalue weighted by atomic mass is 9.65. The van der Waals surface area contributed by atoms with Gasteiger partial charge in [0.05, 0.1) is 19.6 Å². The van der Waals surface area contributed by atoms with Crippen molar-refractivity contribution in [3.05, 3.63) is 58.7 Å². The average Bonchev–Trinajstić information content (AvgIpc) is 2.65. The zero-order valence-electron chi connectivity index (χ0n) is 17.4. The third-order valence-electron chi connectivity index (χ3n) is 6.11. The molecule has 0 fully saturated rings. The molecule has 2 N–H and O–H groups in total. The van der Waals surface area contributed by atoms with Crippen LogP contribution >= 0.6 is 0 Å². The fourth-order valence-electron chi connectivity index (χ4n) is 5.23. The van der Waals surface area contributed by atoms with E-state index in [2.05, 4.69) is 50.4 Å². The Kier molecular flexibility index (Phi) is 4.70. The summed E-state index contributed by atoms with van der Waals surface area (Å²) in [5.41, 5.74) is 6.21. The van der Waals surface area contributed by atoms with E-state index < -0.39 is 0 Å². The van der Waals surface area contributed by atoms with E-state index in [9.17, 15) is 0 Å². The Morgan fingerprint density at radius 1 is 1.32 bits per heavy atom. The Bertz CT molecular complexity index is 907. The average molecular weight is 379 g/mol. The molecule has 0 spiro atoms. The number of methoxy groups -OCH3 is 1. The van der Waals surface area contributed by atoms with Gasteiger partial charge in [0.15, 0.2) is 5.90 Å². The van der Waals surface area contributed by atoms with Gasteiger partial charge in [0, 0.05) is 23.1 Å². The molecule has 1 aliphatic heterocycles. The molecule has 1 heterocycles. The largest absolute Gasteiger partial charge is 0.496 e. The van der Waals surface area contributed by atoms with E-state index >= 15 is 0 Å². The number of rotatable bonds is 3. The van der Waals surface area contributed by atoms with Crippen LogP contribution < -0.4 is 10.1 Å². The third-order valence-corrected chi connectivity index (χ3v) is 6.11. The van der Waals surface area contributed by atoms with E-state index in [1.807, 2.05) is 19.1 Å². The van der Waals surface area contributed by atoms with Gasteiger partial charge < -0.3 is 14.8 Å². The maximum Gasteiger partial charge on any atom is 0.188 e. The maximum atomic E-state index is 8.64. The summed E-state index contributed by atoms with van der Waals surface area (Å²) in [6.45, 7) is 9.12. The van der Waals surface area contributed by atoms with Crippen molar-refractivity contribution in [1.29, 1.82) is 5.41 Å². The van der Waals surface area contributed by atoms with Crippen LogP contribution in [-0.4, -0.2) is 31.2 Å². The number of benzene rings is 1. The first-order valence-corrected chi connectivity index (χ1v) is 10.1. The Hall–Kier alpha value is -2.33. The molecule has 1 aromatic rings. The second kappa shape index (κ2) is 6.93. The predicted octanol–water partition coefficient (Wildman–Crippen LogP) is 4.52. The zero-order valence-corrected chi connectivity index (χ0v) is 17.4. The van der Waals surface area contributed by atoms with Crippen LogP contribution in [0.15, 0.2) is 47.6 Å². The predicted molar refractivity (Wildman–Crippen MR) is 114 cm³/mol. The Labute approximate surface area is 167 Å². The van der Waals surface area contributed by atoms with Crippen LogP contribution in [0.1, 0.15) is 38.8 Å². The summed E-state index contributed by atoms with van der Waals surface area (Å²) in [7, 11) is 1.73. The molecule has 0 amide bonds. The Morgan fingerprint density at radius 3 is 2.82 bits per heavy atom. The lowest BCUT2D eigenvalue weighted by Crippen LogP contribution is -2.53. The van der Waals surface area contributed by atoms with Crippen LogP contribution in [0.3, 0.4) is 0 Å². The molecule has 0 aromatic heterocycles. The van der Waals surface area contributed by atoms with Crippen molar-refractivity contribution in [2.75, 3.05) is 13.7 Å². The molecular formula is C24H30N2O2. The minimum Gasteiger partial charge on any atom is -0.496 e. The summed E-state index contributed by atoms with van der Waals surface area (Å²) in [6, 6.07) is 6.45. The standard InChI is InChI=1S/C24H30N2O2/c1-6-28-23(25)17-12-15-8-7-9-19(27-5)21(15)16-10-11-18-20(22(16)17)14(2)13-24(3,4)26-18/h7-11,13,17-18,20,25-26H,6,12H2,1-5H3. The molecule has 4 heteroatoms. The van der Waals surface area contributed by atoms with Crippen molar-refractivity contribution in [3.63, 3.8) is 0 Å². The van der Waals surface area contributed by atoms with E-state index in [4.69, 9.17) is 14.9 Å². The van der Waals surface area contributed by atoms with Gasteiger partial charge in [-0.1, -0.05) is 35.9 Å². The van der Waals surface area contributed by atoms with Gasteiger partial charge >= 0.3 is 0 Å². The van der Waals surface area contributed by atoms with Gasteiger partial charge in [0.1, 0.15) is 5.75 Å². The highest BCUT2D eigenvalue weighted by atomic mass is 16.5. The van der Waals surface area contributed by atoms with Crippen molar-refractivity contribution in [2.45, 2.75) is 45.7 Å². The molecule has 0 bridgehead atoms. The van der Waals surface area contributed by atoms with Crippen LogP contribution in [0.2, 0.25) is 0 Å². The zero-order chi connectivity index (χ0) is 20.1.